The van der Waals surface area contributed by atoms with Gasteiger partial charge in [-0.3, -0.25) is 0 Å². The van der Waals surface area contributed by atoms with Gasteiger partial charge >= 0.3 is 0 Å². The van der Waals surface area contributed by atoms with Crippen molar-refractivity contribution in [3.8, 4) is 0 Å². The molecule has 0 radical (unpaired) electrons. The lowest BCUT2D eigenvalue weighted by Crippen LogP contribution is -2.22. The van der Waals surface area contributed by atoms with E-state index in [2.05, 4.69) is 64.1 Å². The Labute approximate surface area is 119 Å². The van der Waals surface area contributed by atoms with Gasteiger partial charge in [-0.05, 0) is 44.9 Å². The van der Waals surface area contributed by atoms with Crippen LogP contribution in [-0.2, 0) is 4.74 Å². The van der Waals surface area contributed by atoms with Gasteiger partial charge in [0, 0.05) is 14.4 Å². The van der Waals surface area contributed by atoms with E-state index in [1.807, 2.05) is 7.11 Å². The van der Waals surface area contributed by atoms with Crippen LogP contribution in [-0.4, -0.2) is 31.4 Å². The van der Waals surface area contributed by atoms with Crippen molar-refractivity contribution in [3.63, 3.8) is 0 Å². The Bertz CT molecular complexity index is 385. The largest absolute Gasteiger partial charge is 0.343 e. The second-order valence-electron chi connectivity index (χ2n) is 5.05. The van der Waals surface area contributed by atoms with Gasteiger partial charge in [0.15, 0.2) is 5.85 Å². The molecule has 1 rings (SSSR count). The van der Waals surface area contributed by atoms with E-state index in [9.17, 15) is 0 Å². The van der Waals surface area contributed by atoms with Gasteiger partial charge in [0.1, 0.15) is 0 Å². The molecule has 0 aliphatic rings. The van der Waals surface area contributed by atoms with Crippen molar-refractivity contribution in [2.45, 2.75) is 33.5 Å². The SMILES string of the molecule is CC[P+](CC)(CC)C(OC)/C(C)=C/c1ccccc1. The highest BCUT2D eigenvalue weighted by atomic mass is 31.2. The maximum absolute atomic E-state index is 5.90. The molecule has 1 atom stereocenters. The first-order chi connectivity index (χ1) is 9.13. The predicted molar refractivity (Wildman–Crippen MR) is 89.4 cm³/mol. The molecule has 0 saturated heterocycles. The number of hydrogen-bond donors (Lipinski definition) is 0. The molecule has 0 spiro atoms. The molecule has 0 aromatic heterocycles. The summed E-state index contributed by atoms with van der Waals surface area (Å²) in [5.74, 6) is 0.313. The van der Waals surface area contributed by atoms with Gasteiger partial charge in [-0.2, -0.15) is 0 Å². The van der Waals surface area contributed by atoms with Crippen LogP contribution in [0.15, 0.2) is 35.9 Å². The van der Waals surface area contributed by atoms with Crippen LogP contribution in [0.3, 0.4) is 0 Å². The monoisotopic (exact) mass is 279 g/mol. The first-order valence-electron chi connectivity index (χ1n) is 7.25. The van der Waals surface area contributed by atoms with Crippen LogP contribution < -0.4 is 0 Å². The molecule has 1 nitrogen and oxygen atoms in total. The minimum absolute atomic E-state index is 0.313. The van der Waals surface area contributed by atoms with Crippen LogP contribution in [0, 0.1) is 0 Å². The predicted octanol–water partition coefficient (Wildman–Crippen LogP) is 5.14. The van der Waals surface area contributed by atoms with Crippen molar-refractivity contribution in [2.24, 2.45) is 0 Å². The van der Waals surface area contributed by atoms with Crippen molar-refractivity contribution in [1.82, 2.24) is 0 Å². The zero-order chi connectivity index (χ0) is 14.3. The fourth-order valence-electron chi connectivity index (χ4n) is 2.89. The molecule has 0 aliphatic carbocycles. The Hall–Kier alpha value is -0.650. The highest BCUT2D eigenvalue weighted by Crippen LogP contribution is 2.64. The Morgan fingerprint density at radius 1 is 1.11 bits per heavy atom. The lowest BCUT2D eigenvalue weighted by Gasteiger charge is -2.32. The smallest absolute Gasteiger partial charge is 0.188 e. The third-order valence-corrected chi connectivity index (χ3v) is 9.59. The van der Waals surface area contributed by atoms with Gasteiger partial charge in [0.05, 0.1) is 18.5 Å². The first-order valence-corrected chi connectivity index (χ1v) is 9.66. The zero-order valence-electron chi connectivity index (χ0n) is 13.0. The van der Waals surface area contributed by atoms with Crippen molar-refractivity contribution in [3.05, 3.63) is 41.5 Å². The van der Waals surface area contributed by atoms with Crippen LogP contribution >= 0.6 is 7.26 Å². The summed E-state index contributed by atoms with van der Waals surface area (Å²) < 4.78 is 5.90. The molecule has 1 aromatic rings. The van der Waals surface area contributed by atoms with Gasteiger partial charge in [-0.1, -0.05) is 30.3 Å². The molecule has 106 valence electrons. The van der Waals surface area contributed by atoms with Crippen molar-refractivity contribution in [1.29, 1.82) is 0 Å². The molecular formula is C17H28OP+. The number of ether oxygens (including phenoxy) is 1. The lowest BCUT2D eigenvalue weighted by molar-refractivity contribution is 0.192. The highest BCUT2D eigenvalue weighted by Gasteiger charge is 2.42. The Morgan fingerprint density at radius 3 is 2.05 bits per heavy atom. The molecule has 1 unspecified atom stereocenters. The number of rotatable bonds is 7. The minimum atomic E-state index is -1.03. The maximum Gasteiger partial charge on any atom is 0.188 e. The Balaban J connectivity index is 3.05. The maximum atomic E-state index is 5.90. The Morgan fingerprint density at radius 2 is 1.63 bits per heavy atom. The lowest BCUT2D eigenvalue weighted by atomic mass is 10.1. The molecule has 0 bridgehead atoms. The van der Waals surface area contributed by atoms with Gasteiger partial charge in [-0.25, -0.2) is 0 Å². The summed E-state index contributed by atoms with van der Waals surface area (Å²) in [6.07, 6.45) is 6.07. The summed E-state index contributed by atoms with van der Waals surface area (Å²) >= 11 is 0. The van der Waals surface area contributed by atoms with Crippen LogP contribution in [0.2, 0.25) is 0 Å². The van der Waals surface area contributed by atoms with E-state index in [1.54, 1.807) is 0 Å². The summed E-state index contributed by atoms with van der Waals surface area (Å²) in [6, 6.07) is 10.5. The highest BCUT2D eigenvalue weighted by molar-refractivity contribution is 7.76. The molecule has 0 fully saturated rings. The molecular weight excluding hydrogens is 251 g/mol. The summed E-state index contributed by atoms with van der Waals surface area (Å²) in [4.78, 5) is 0. The fourth-order valence-corrected chi connectivity index (χ4v) is 6.62. The van der Waals surface area contributed by atoms with Crippen LogP contribution in [0.4, 0.5) is 0 Å². The number of methoxy groups -OCH3 is 1. The van der Waals surface area contributed by atoms with Crippen LogP contribution in [0.25, 0.3) is 6.08 Å². The first kappa shape index (κ1) is 16.4. The summed E-state index contributed by atoms with van der Waals surface area (Å²) in [7, 11) is 0.831. The van der Waals surface area contributed by atoms with Crippen LogP contribution in [0.1, 0.15) is 33.3 Å². The summed E-state index contributed by atoms with van der Waals surface area (Å²) in [6.45, 7) is 9.19. The Kier molecular flexibility index (Phi) is 6.75. The topological polar surface area (TPSA) is 9.23 Å². The van der Waals surface area contributed by atoms with Gasteiger partial charge < -0.3 is 4.74 Å². The second-order valence-corrected chi connectivity index (χ2v) is 9.86. The molecule has 0 N–H and O–H groups in total. The third kappa shape index (κ3) is 3.91. The van der Waals surface area contributed by atoms with Crippen molar-refractivity contribution < 1.29 is 4.74 Å². The molecule has 1 aromatic carbocycles. The van der Waals surface area contributed by atoms with E-state index < -0.39 is 7.26 Å². The van der Waals surface area contributed by atoms with Crippen LogP contribution in [0.5, 0.6) is 0 Å². The van der Waals surface area contributed by atoms with E-state index >= 15 is 0 Å². The average molecular weight is 279 g/mol. The molecule has 0 heterocycles. The van der Waals surface area contributed by atoms with Crippen molar-refractivity contribution >= 4 is 13.3 Å². The third-order valence-electron chi connectivity index (χ3n) is 4.19. The normalized spacial score (nSPS) is 14.5. The fraction of sp³-hybridized carbons (Fsp3) is 0.529. The molecule has 19 heavy (non-hydrogen) atoms. The summed E-state index contributed by atoms with van der Waals surface area (Å²) in [5.41, 5.74) is 2.64. The summed E-state index contributed by atoms with van der Waals surface area (Å²) in [5, 5.41) is 0. The standard InChI is InChI=1S/C17H28OP/c1-6-19(7-2,8-3)17(18-5)15(4)14-16-12-10-9-11-13-16/h9-14,17H,6-8H2,1-5H3/q+1/b15-14+. The average Bonchev–Trinajstić information content (AvgIpc) is 2.45. The quantitative estimate of drug-likeness (QED) is 0.628. The number of benzene rings is 1. The van der Waals surface area contributed by atoms with E-state index in [0.29, 0.717) is 5.85 Å². The zero-order valence-corrected chi connectivity index (χ0v) is 13.9. The molecule has 0 amide bonds. The molecule has 0 aliphatic heterocycles. The minimum Gasteiger partial charge on any atom is -0.343 e. The second kappa shape index (κ2) is 7.82. The van der Waals surface area contributed by atoms with Gasteiger partial charge in [0.2, 0.25) is 0 Å². The van der Waals surface area contributed by atoms with E-state index in [4.69, 9.17) is 4.74 Å². The number of hydrogen-bond acceptors (Lipinski definition) is 1. The van der Waals surface area contributed by atoms with E-state index in [1.165, 1.54) is 29.6 Å². The van der Waals surface area contributed by atoms with Crippen molar-refractivity contribution in [2.75, 3.05) is 25.6 Å². The van der Waals surface area contributed by atoms with E-state index in [-0.39, 0.29) is 0 Å². The van der Waals surface area contributed by atoms with Gasteiger partial charge in [0.25, 0.3) is 0 Å². The molecule has 0 saturated carbocycles. The van der Waals surface area contributed by atoms with Gasteiger partial charge in [-0.15, -0.1) is 0 Å². The van der Waals surface area contributed by atoms with E-state index in [0.717, 1.165) is 0 Å². The molecule has 2 heteroatoms.